The second kappa shape index (κ2) is 13.5. The first kappa shape index (κ1) is 30.2. The highest BCUT2D eigenvalue weighted by molar-refractivity contribution is 7.92. The van der Waals surface area contributed by atoms with Crippen molar-refractivity contribution in [1.29, 1.82) is 0 Å². The number of ether oxygens (including phenoxy) is 1. The highest BCUT2D eigenvalue weighted by Gasteiger charge is 2.29. The van der Waals surface area contributed by atoms with E-state index < -0.39 is 16.1 Å². The third-order valence-corrected chi connectivity index (χ3v) is 7.48. The molecule has 0 unspecified atom stereocenters. The fraction of sp³-hybridized carbons (Fsp3) is 0.500. The zero-order valence-electron chi connectivity index (χ0n) is 23.1. The van der Waals surface area contributed by atoms with E-state index in [1.807, 2.05) is 71.0 Å². The van der Waals surface area contributed by atoms with E-state index in [-0.39, 0.29) is 37.4 Å². The molecule has 0 aliphatic carbocycles. The molecule has 0 fully saturated rings. The topological polar surface area (TPSA) is 96.0 Å². The molecule has 0 bridgehead atoms. The Morgan fingerprint density at radius 3 is 2.35 bits per heavy atom. The Balaban J connectivity index is 2.27. The van der Waals surface area contributed by atoms with Gasteiger partial charge in [-0.15, -0.1) is 0 Å². The van der Waals surface area contributed by atoms with Crippen LogP contribution in [0.5, 0.6) is 5.75 Å². The lowest BCUT2D eigenvalue weighted by Gasteiger charge is -2.32. The van der Waals surface area contributed by atoms with Crippen molar-refractivity contribution < 1.29 is 22.7 Å². The van der Waals surface area contributed by atoms with Gasteiger partial charge < -0.3 is 15.0 Å². The quantitative estimate of drug-likeness (QED) is 0.418. The first-order chi connectivity index (χ1) is 17.4. The maximum absolute atomic E-state index is 13.5. The van der Waals surface area contributed by atoms with Gasteiger partial charge in [0.05, 0.1) is 19.1 Å². The van der Waals surface area contributed by atoms with Crippen molar-refractivity contribution in [3.8, 4) is 5.75 Å². The van der Waals surface area contributed by atoms with Crippen molar-refractivity contribution in [2.75, 3.05) is 24.2 Å². The van der Waals surface area contributed by atoms with Crippen LogP contribution in [-0.2, 0) is 26.2 Å². The standard InChI is InChI=1S/C28H41N3O5S/c1-8-25(28(33)29-20(2)3)30(19-23-13-10-14-24(18-23)36-6)27(32)16-11-17-31(37(7,34)35)26-15-9-12-21(4)22(26)5/h9-10,12-15,18,20,25H,8,11,16-17,19H2,1-7H3,(H,29,33)/t25-/m0/s1. The monoisotopic (exact) mass is 531 g/mol. The molecule has 0 saturated carbocycles. The number of rotatable bonds is 13. The summed E-state index contributed by atoms with van der Waals surface area (Å²) < 4.78 is 31.9. The predicted octanol–water partition coefficient (Wildman–Crippen LogP) is 4.19. The Morgan fingerprint density at radius 1 is 1.08 bits per heavy atom. The molecule has 2 amide bonds. The van der Waals surface area contributed by atoms with Crippen molar-refractivity contribution in [3.05, 3.63) is 59.2 Å². The maximum atomic E-state index is 13.5. The van der Waals surface area contributed by atoms with Crippen LogP contribution in [-0.4, -0.2) is 57.1 Å². The van der Waals surface area contributed by atoms with Gasteiger partial charge in [-0.1, -0.05) is 31.2 Å². The molecule has 0 spiro atoms. The van der Waals surface area contributed by atoms with Gasteiger partial charge >= 0.3 is 0 Å². The largest absolute Gasteiger partial charge is 0.497 e. The molecule has 0 heterocycles. The van der Waals surface area contributed by atoms with E-state index in [2.05, 4.69) is 5.32 Å². The number of carbonyl (C=O) groups excluding carboxylic acids is 2. The molecule has 0 saturated heterocycles. The number of hydrogen-bond acceptors (Lipinski definition) is 5. The molecule has 0 radical (unpaired) electrons. The molecule has 0 aromatic heterocycles. The number of aryl methyl sites for hydroxylation is 1. The minimum atomic E-state index is -3.55. The van der Waals surface area contributed by atoms with Gasteiger partial charge in [0.1, 0.15) is 11.8 Å². The van der Waals surface area contributed by atoms with Crippen molar-refractivity contribution in [2.24, 2.45) is 0 Å². The highest BCUT2D eigenvalue weighted by atomic mass is 32.2. The number of anilines is 1. The van der Waals surface area contributed by atoms with Crippen LogP contribution < -0.4 is 14.4 Å². The second-order valence-electron chi connectivity index (χ2n) is 9.62. The van der Waals surface area contributed by atoms with E-state index in [4.69, 9.17) is 4.74 Å². The van der Waals surface area contributed by atoms with Crippen LogP contribution in [0.3, 0.4) is 0 Å². The molecule has 1 atom stereocenters. The molecular formula is C28H41N3O5S. The predicted molar refractivity (Wildman–Crippen MR) is 148 cm³/mol. The number of hydrogen-bond donors (Lipinski definition) is 1. The highest BCUT2D eigenvalue weighted by Crippen LogP contribution is 2.26. The fourth-order valence-corrected chi connectivity index (χ4v) is 5.27. The second-order valence-corrected chi connectivity index (χ2v) is 11.5. The molecular weight excluding hydrogens is 490 g/mol. The molecule has 0 aliphatic rings. The molecule has 2 aromatic rings. The van der Waals surface area contributed by atoms with Gasteiger partial charge in [0.2, 0.25) is 21.8 Å². The SMILES string of the molecule is CC[C@@H](C(=O)NC(C)C)N(Cc1cccc(OC)c1)C(=O)CCCN(c1cccc(C)c1C)S(C)(=O)=O. The van der Waals surface area contributed by atoms with Gasteiger partial charge in [0.25, 0.3) is 0 Å². The lowest BCUT2D eigenvalue weighted by atomic mass is 10.1. The number of carbonyl (C=O) groups is 2. The van der Waals surface area contributed by atoms with Gasteiger partial charge in [-0.25, -0.2) is 8.42 Å². The summed E-state index contributed by atoms with van der Waals surface area (Å²) in [5.41, 5.74) is 3.34. The van der Waals surface area contributed by atoms with Crippen molar-refractivity contribution in [2.45, 2.75) is 72.5 Å². The molecule has 204 valence electrons. The normalized spacial score (nSPS) is 12.2. The van der Waals surface area contributed by atoms with Gasteiger partial charge in [0.15, 0.2) is 0 Å². The molecule has 2 aromatic carbocycles. The Kier molecular flexibility index (Phi) is 11.0. The Bertz CT molecular complexity index is 1180. The van der Waals surface area contributed by atoms with E-state index >= 15 is 0 Å². The van der Waals surface area contributed by atoms with E-state index in [1.165, 1.54) is 10.6 Å². The molecule has 37 heavy (non-hydrogen) atoms. The Labute approximate surface area is 222 Å². The van der Waals surface area contributed by atoms with Crippen molar-refractivity contribution in [1.82, 2.24) is 10.2 Å². The summed E-state index contributed by atoms with van der Waals surface area (Å²) in [6, 6.07) is 12.3. The summed E-state index contributed by atoms with van der Waals surface area (Å²) in [4.78, 5) is 28.1. The van der Waals surface area contributed by atoms with E-state index in [0.717, 1.165) is 16.7 Å². The number of benzene rings is 2. The summed E-state index contributed by atoms with van der Waals surface area (Å²) >= 11 is 0. The van der Waals surface area contributed by atoms with Gasteiger partial charge in [-0.05, 0) is 75.4 Å². The third-order valence-electron chi connectivity index (χ3n) is 6.30. The Hall–Kier alpha value is -3.07. The van der Waals surface area contributed by atoms with Crippen LogP contribution in [0.4, 0.5) is 5.69 Å². The number of amides is 2. The van der Waals surface area contributed by atoms with Crippen LogP contribution in [0.25, 0.3) is 0 Å². The number of nitrogens with one attached hydrogen (secondary N) is 1. The third kappa shape index (κ3) is 8.49. The van der Waals surface area contributed by atoms with Crippen LogP contribution >= 0.6 is 0 Å². The smallest absolute Gasteiger partial charge is 0.243 e. The number of nitrogens with zero attached hydrogens (tertiary/aromatic N) is 2. The van der Waals surface area contributed by atoms with E-state index in [1.54, 1.807) is 18.1 Å². The molecule has 1 N–H and O–H groups in total. The van der Waals surface area contributed by atoms with Crippen molar-refractivity contribution >= 4 is 27.5 Å². The lowest BCUT2D eigenvalue weighted by molar-refractivity contribution is -0.141. The number of methoxy groups -OCH3 is 1. The zero-order chi connectivity index (χ0) is 27.8. The minimum absolute atomic E-state index is 0.0591. The van der Waals surface area contributed by atoms with E-state index in [0.29, 0.717) is 24.3 Å². The first-order valence-corrected chi connectivity index (χ1v) is 14.5. The molecule has 9 heteroatoms. The van der Waals surface area contributed by atoms with Crippen LogP contribution in [0.2, 0.25) is 0 Å². The Morgan fingerprint density at radius 2 is 1.76 bits per heavy atom. The molecule has 8 nitrogen and oxygen atoms in total. The first-order valence-electron chi connectivity index (χ1n) is 12.7. The molecule has 0 aliphatic heterocycles. The zero-order valence-corrected chi connectivity index (χ0v) is 23.9. The average molecular weight is 532 g/mol. The summed E-state index contributed by atoms with van der Waals surface area (Å²) in [5, 5.41) is 2.92. The lowest BCUT2D eigenvalue weighted by Crippen LogP contribution is -2.50. The van der Waals surface area contributed by atoms with Gasteiger partial charge in [-0.2, -0.15) is 0 Å². The van der Waals surface area contributed by atoms with Crippen molar-refractivity contribution in [3.63, 3.8) is 0 Å². The summed E-state index contributed by atoms with van der Waals surface area (Å²) in [5.74, 6) is 0.256. The van der Waals surface area contributed by atoms with Crippen LogP contribution in [0.15, 0.2) is 42.5 Å². The molecule has 2 rings (SSSR count). The van der Waals surface area contributed by atoms with Crippen LogP contribution in [0, 0.1) is 13.8 Å². The summed E-state index contributed by atoms with van der Waals surface area (Å²) in [6.07, 6.45) is 2.05. The number of sulfonamides is 1. The van der Waals surface area contributed by atoms with E-state index in [9.17, 15) is 18.0 Å². The fourth-order valence-electron chi connectivity index (χ4n) is 4.26. The van der Waals surface area contributed by atoms with Gasteiger partial charge in [0, 0.05) is 25.6 Å². The summed E-state index contributed by atoms with van der Waals surface area (Å²) in [7, 11) is -1.97. The maximum Gasteiger partial charge on any atom is 0.243 e. The van der Waals surface area contributed by atoms with Crippen LogP contribution in [0.1, 0.15) is 56.7 Å². The minimum Gasteiger partial charge on any atom is -0.497 e. The summed E-state index contributed by atoms with van der Waals surface area (Å²) in [6.45, 7) is 9.87. The average Bonchev–Trinajstić information content (AvgIpc) is 2.82. The van der Waals surface area contributed by atoms with Gasteiger partial charge in [-0.3, -0.25) is 13.9 Å².